The summed E-state index contributed by atoms with van der Waals surface area (Å²) in [6.07, 6.45) is -1.25. The number of hydrogen-bond donors (Lipinski definition) is 1. The van der Waals surface area contributed by atoms with E-state index in [9.17, 15) is 14.3 Å². The van der Waals surface area contributed by atoms with Crippen molar-refractivity contribution in [1.82, 2.24) is 4.90 Å². The van der Waals surface area contributed by atoms with Crippen LogP contribution in [0.15, 0.2) is 24.3 Å². The van der Waals surface area contributed by atoms with E-state index in [1.165, 1.54) is 11.0 Å². The van der Waals surface area contributed by atoms with E-state index in [0.717, 1.165) is 0 Å². The number of hydrogen-bond acceptors (Lipinski definition) is 3. The van der Waals surface area contributed by atoms with E-state index in [1.807, 2.05) is 0 Å². The minimum atomic E-state index is -0.778. The van der Waals surface area contributed by atoms with Gasteiger partial charge in [-0.15, -0.1) is 0 Å². The Bertz CT molecular complexity index is 498. The van der Waals surface area contributed by atoms with Crippen molar-refractivity contribution in [3.05, 3.63) is 35.6 Å². The van der Waals surface area contributed by atoms with Crippen LogP contribution in [0.3, 0.4) is 0 Å². The van der Waals surface area contributed by atoms with Crippen LogP contribution in [0.2, 0.25) is 0 Å². The fourth-order valence-corrected chi connectivity index (χ4v) is 2.34. The predicted octanol–water partition coefficient (Wildman–Crippen LogP) is 2.52. The highest BCUT2D eigenvalue weighted by molar-refractivity contribution is 5.69. The molecular weight excluding hydrogens is 261 g/mol. The molecule has 1 heterocycles. The summed E-state index contributed by atoms with van der Waals surface area (Å²) in [7, 11) is 0. The van der Waals surface area contributed by atoms with E-state index in [0.29, 0.717) is 5.56 Å². The third-order valence-corrected chi connectivity index (χ3v) is 3.25. The van der Waals surface area contributed by atoms with Crippen LogP contribution in [0, 0.1) is 5.82 Å². The summed E-state index contributed by atoms with van der Waals surface area (Å²) in [6.45, 7) is 5.77. The molecule has 1 N–H and O–H groups in total. The average Bonchev–Trinajstić information content (AvgIpc) is 2.70. The Labute approximate surface area is 118 Å². The third-order valence-electron chi connectivity index (χ3n) is 3.25. The van der Waals surface area contributed by atoms with Gasteiger partial charge in [-0.05, 0) is 32.4 Å². The van der Waals surface area contributed by atoms with Crippen LogP contribution in [0.25, 0.3) is 0 Å². The van der Waals surface area contributed by atoms with E-state index in [4.69, 9.17) is 4.74 Å². The lowest BCUT2D eigenvalue weighted by atomic mass is 9.96. The maximum Gasteiger partial charge on any atom is 0.410 e. The highest BCUT2D eigenvalue weighted by Crippen LogP contribution is 2.30. The first-order valence-electron chi connectivity index (χ1n) is 6.68. The number of rotatable bonds is 1. The zero-order chi connectivity index (χ0) is 14.9. The molecule has 1 aliphatic rings. The van der Waals surface area contributed by atoms with Gasteiger partial charge in [0.15, 0.2) is 0 Å². The zero-order valence-electron chi connectivity index (χ0n) is 12.0. The number of carbonyl (C=O) groups excluding carboxylic acids is 1. The van der Waals surface area contributed by atoms with Crippen molar-refractivity contribution in [2.24, 2.45) is 0 Å². The van der Waals surface area contributed by atoms with Gasteiger partial charge in [0.2, 0.25) is 0 Å². The van der Waals surface area contributed by atoms with Gasteiger partial charge in [0.1, 0.15) is 11.4 Å². The second-order valence-corrected chi connectivity index (χ2v) is 6.08. The van der Waals surface area contributed by atoms with Crippen LogP contribution in [0.1, 0.15) is 32.3 Å². The van der Waals surface area contributed by atoms with Crippen LogP contribution >= 0.6 is 0 Å². The molecule has 0 aliphatic carbocycles. The standard InChI is InChI=1S/C15H20FNO3/c1-15(2,3)20-14(19)17-8-11(13(18)9-17)10-6-4-5-7-12(10)16/h4-7,11,13,18H,8-9H2,1-3H3/t11-,13+/m1/s1. The van der Waals surface area contributed by atoms with Crippen molar-refractivity contribution in [2.75, 3.05) is 13.1 Å². The van der Waals surface area contributed by atoms with Crippen molar-refractivity contribution >= 4 is 6.09 Å². The SMILES string of the molecule is CC(C)(C)OC(=O)N1C[C@H](c2ccccc2F)[C@@H](O)C1. The Hall–Kier alpha value is -1.62. The average molecular weight is 281 g/mol. The summed E-state index contributed by atoms with van der Waals surface area (Å²) in [5.74, 6) is -0.772. The Morgan fingerprint density at radius 3 is 2.60 bits per heavy atom. The molecule has 1 aromatic rings. The van der Waals surface area contributed by atoms with Gasteiger partial charge in [-0.3, -0.25) is 0 Å². The van der Waals surface area contributed by atoms with Crippen LogP contribution in [-0.2, 0) is 4.74 Å². The molecule has 1 aliphatic heterocycles. The first-order chi connectivity index (χ1) is 9.28. The number of β-amino-alcohol motifs (C(OH)–C–C–N with tert-alkyl or cyclic N) is 1. The molecule has 20 heavy (non-hydrogen) atoms. The van der Waals surface area contributed by atoms with Gasteiger partial charge in [0.25, 0.3) is 0 Å². The van der Waals surface area contributed by atoms with E-state index < -0.39 is 23.7 Å². The van der Waals surface area contributed by atoms with Crippen LogP contribution < -0.4 is 0 Å². The van der Waals surface area contributed by atoms with Gasteiger partial charge in [-0.25, -0.2) is 9.18 Å². The predicted molar refractivity (Wildman–Crippen MR) is 73.0 cm³/mol. The second-order valence-electron chi connectivity index (χ2n) is 6.08. The molecule has 1 amide bonds. The lowest BCUT2D eigenvalue weighted by molar-refractivity contribution is 0.0270. The summed E-state index contributed by atoms with van der Waals surface area (Å²) in [6, 6.07) is 6.33. The summed E-state index contributed by atoms with van der Waals surface area (Å²) < 4.78 is 19.0. The first-order valence-corrected chi connectivity index (χ1v) is 6.68. The molecule has 4 nitrogen and oxygen atoms in total. The molecular formula is C15H20FNO3. The largest absolute Gasteiger partial charge is 0.444 e. The first kappa shape index (κ1) is 14.8. The monoisotopic (exact) mass is 281 g/mol. The topological polar surface area (TPSA) is 49.8 Å². The van der Waals surface area contributed by atoms with Gasteiger partial charge in [-0.2, -0.15) is 0 Å². The van der Waals surface area contributed by atoms with Crippen molar-refractivity contribution in [3.63, 3.8) is 0 Å². The Morgan fingerprint density at radius 2 is 2.00 bits per heavy atom. The van der Waals surface area contributed by atoms with Crippen LogP contribution in [0.5, 0.6) is 0 Å². The van der Waals surface area contributed by atoms with Crippen molar-refractivity contribution in [3.8, 4) is 0 Å². The minimum absolute atomic E-state index is 0.161. The number of ether oxygens (including phenoxy) is 1. The fraction of sp³-hybridized carbons (Fsp3) is 0.533. The van der Waals surface area contributed by atoms with Crippen LogP contribution in [-0.4, -0.2) is 40.9 Å². The van der Waals surface area contributed by atoms with Crippen molar-refractivity contribution in [1.29, 1.82) is 0 Å². The van der Waals surface area contributed by atoms with Gasteiger partial charge >= 0.3 is 6.09 Å². The molecule has 5 heteroatoms. The summed E-state index contributed by atoms with van der Waals surface area (Å²) in [4.78, 5) is 13.4. The molecule has 1 fully saturated rings. The van der Waals surface area contributed by atoms with E-state index in [2.05, 4.69) is 0 Å². The fourth-order valence-electron chi connectivity index (χ4n) is 2.34. The van der Waals surface area contributed by atoms with Gasteiger partial charge in [0, 0.05) is 12.5 Å². The second kappa shape index (κ2) is 5.40. The molecule has 0 saturated carbocycles. The lowest BCUT2D eigenvalue weighted by Crippen LogP contribution is -2.35. The Kier molecular flexibility index (Phi) is 3.99. The molecule has 2 atom stereocenters. The number of amides is 1. The minimum Gasteiger partial charge on any atom is -0.444 e. The smallest absolute Gasteiger partial charge is 0.410 e. The third kappa shape index (κ3) is 3.28. The summed E-state index contributed by atoms with van der Waals surface area (Å²) >= 11 is 0. The maximum absolute atomic E-state index is 13.8. The number of halogens is 1. The maximum atomic E-state index is 13.8. The highest BCUT2D eigenvalue weighted by Gasteiger charge is 2.37. The number of likely N-dealkylation sites (tertiary alicyclic amines) is 1. The number of aliphatic hydroxyl groups is 1. The zero-order valence-corrected chi connectivity index (χ0v) is 12.0. The number of carbonyl (C=O) groups is 1. The molecule has 0 radical (unpaired) electrons. The molecule has 1 saturated heterocycles. The number of benzene rings is 1. The summed E-state index contributed by atoms with van der Waals surface area (Å²) in [5, 5.41) is 10.1. The number of aliphatic hydroxyl groups excluding tert-OH is 1. The Morgan fingerprint density at radius 1 is 1.35 bits per heavy atom. The van der Waals surface area contributed by atoms with Crippen LogP contribution in [0.4, 0.5) is 9.18 Å². The normalized spacial score (nSPS) is 22.9. The van der Waals surface area contributed by atoms with Gasteiger partial charge in [0.05, 0.1) is 12.6 Å². The molecule has 0 bridgehead atoms. The van der Waals surface area contributed by atoms with Crippen molar-refractivity contribution < 1.29 is 19.0 Å². The molecule has 1 aromatic carbocycles. The quantitative estimate of drug-likeness (QED) is 0.860. The molecule has 110 valence electrons. The molecule has 0 unspecified atom stereocenters. The van der Waals surface area contributed by atoms with Gasteiger partial charge < -0.3 is 14.7 Å². The van der Waals surface area contributed by atoms with E-state index >= 15 is 0 Å². The molecule has 0 spiro atoms. The highest BCUT2D eigenvalue weighted by atomic mass is 19.1. The molecule has 2 rings (SSSR count). The summed E-state index contributed by atoms with van der Waals surface area (Å²) in [5.41, 5.74) is -0.149. The lowest BCUT2D eigenvalue weighted by Gasteiger charge is -2.24. The van der Waals surface area contributed by atoms with Gasteiger partial charge in [-0.1, -0.05) is 18.2 Å². The van der Waals surface area contributed by atoms with E-state index in [-0.39, 0.29) is 18.9 Å². The Balaban J connectivity index is 2.10. The molecule has 0 aromatic heterocycles. The van der Waals surface area contributed by atoms with Crippen molar-refractivity contribution in [2.45, 2.75) is 38.4 Å². The number of nitrogens with zero attached hydrogens (tertiary/aromatic N) is 1. The van der Waals surface area contributed by atoms with E-state index in [1.54, 1.807) is 39.0 Å².